The highest BCUT2D eigenvalue weighted by atomic mass is 16.6. The summed E-state index contributed by atoms with van der Waals surface area (Å²) >= 11 is 0. The van der Waals surface area contributed by atoms with Crippen LogP contribution in [0.5, 0.6) is 0 Å². The summed E-state index contributed by atoms with van der Waals surface area (Å²) in [4.78, 5) is 37.8. The van der Waals surface area contributed by atoms with Crippen molar-refractivity contribution in [2.24, 2.45) is 11.8 Å². The number of rotatable bonds is 48. The van der Waals surface area contributed by atoms with Crippen molar-refractivity contribution in [3.05, 3.63) is 0 Å². The van der Waals surface area contributed by atoms with Gasteiger partial charge in [-0.05, 0) is 31.1 Å². The summed E-state index contributed by atoms with van der Waals surface area (Å²) < 4.78 is 16.8. The van der Waals surface area contributed by atoms with Gasteiger partial charge in [0.05, 0.1) is 0 Å². The zero-order valence-corrected chi connectivity index (χ0v) is 41.1. The molecule has 0 spiro atoms. The molecule has 0 aliphatic rings. The maximum atomic E-state index is 12.8. The number of carbonyl (C=O) groups excluding carboxylic acids is 3. The van der Waals surface area contributed by atoms with E-state index < -0.39 is 6.10 Å². The van der Waals surface area contributed by atoms with Gasteiger partial charge in [-0.3, -0.25) is 14.4 Å². The quantitative estimate of drug-likeness (QED) is 0.0345. The molecule has 6 heteroatoms. The lowest BCUT2D eigenvalue weighted by molar-refractivity contribution is -0.167. The molecule has 0 aliphatic heterocycles. The van der Waals surface area contributed by atoms with Gasteiger partial charge in [0, 0.05) is 19.3 Å². The Labute approximate surface area is 374 Å². The van der Waals surface area contributed by atoms with Gasteiger partial charge < -0.3 is 14.2 Å². The molecule has 0 saturated heterocycles. The van der Waals surface area contributed by atoms with Gasteiger partial charge in [0.15, 0.2) is 6.10 Å². The van der Waals surface area contributed by atoms with Crippen molar-refractivity contribution in [2.75, 3.05) is 13.2 Å². The van der Waals surface area contributed by atoms with Crippen LogP contribution in [-0.2, 0) is 28.6 Å². The van der Waals surface area contributed by atoms with Crippen LogP contribution in [0.4, 0.5) is 0 Å². The Morgan fingerprint density at radius 1 is 0.350 bits per heavy atom. The third kappa shape index (κ3) is 45.9. The molecule has 356 valence electrons. The van der Waals surface area contributed by atoms with Crippen LogP contribution >= 0.6 is 0 Å². The fourth-order valence-electron chi connectivity index (χ4n) is 8.13. The van der Waals surface area contributed by atoms with Crippen molar-refractivity contribution in [1.29, 1.82) is 0 Å². The second-order valence-electron chi connectivity index (χ2n) is 19.2. The van der Waals surface area contributed by atoms with Crippen LogP contribution in [0.1, 0.15) is 298 Å². The van der Waals surface area contributed by atoms with E-state index in [-0.39, 0.29) is 31.1 Å². The van der Waals surface area contributed by atoms with Gasteiger partial charge in [-0.25, -0.2) is 0 Å². The topological polar surface area (TPSA) is 78.9 Å². The fourth-order valence-corrected chi connectivity index (χ4v) is 8.13. The van der Waals surface area contributed by atoms with Gasteiger partial charge in [0.2, 0.25) is 0 Å². The van der Waals surface area contributed by atoms with E-state index in [4.69, 9.17) is 14.2 Å². The molecule has 0 bridgehead atoms. The summed E-state index contributed by atoms with van der Waals surface area (Å²) in [5, 5.41) is 0. The van der Waals surface area contributed by atoms with Crippen LogP contribution in [-0.4, -0.2) is 37.2 Å². The molecule has 0 heterocycles. The van der Waals surface area contributed by atoms with E-state index in [2.05, 4.69) is 34.6 Å². The molecule has 1 unspecified atom stereocenters. The zero-order valence-electron chi connectivity index (χ0n) is 41.1. The predicted octanol–water partition coefficient (Wildman–Crippen LogP) is 17.3. The maximum Gasteiger partial charge on any atom is 0.306 e. The molecule has 0 aromatic rings. The van der Waals surface area contributed by atoms with Crippen LogP contribution in [0.2, 0.25) is 0 Å². The van der Waals surface area contributed by atoms with Crippen LogP contribution in [0.15, 0.2) is 0 Å². The number of hydrogen-bond donors (Lipinski definition) is 0. The van der Waals surface area contributed by atoms with Crippen molar-refractivity contribution in [1.82, 2.24) is 0 Å². The lowest BCUT2D eigenvalue weighted by Crippen LogP contribution is -2.30. The first-order valence-electron chi connectivity index (χ1n) is 26.8. The van der Waals surface area contributed by atoms with Gasteiger partial charge in [0.1, 0.15) is 13.2 Å². The molecule has 0 aromatic carbocycles. The smallest absolute Gasteiger partial charge is 0.306 e. The molecule has 0 aliphatic carbocycles. The Kier molecular flexibility index (Phi) is 45.7. The summed E-state index contributed by atoms with van der Waals surface area (Å²) in [6.45, 7) is 11.4. The van der Waals surface area contributed by atoms with Crippen molar-refractivity contribution >= 4 is 17.9 Å². The van der Waals surface area contributed by atoms with E-state index in [9.17, 15) is 14.4 Å². The number of carbonyl (C=O) groups is 3. The first-order valence-corrected chi connectivity index (χ1v) is 26.8. The molecule has 0 radical (unpaired) electrons. The largest absolute Gasteiger partial charge is 0.462 e. The normalized spacial score (nSPS) is 12.5. The highest BCUT2D eigenvalue weighted by Crippen LogP contribution is 2.18. The minimum Gasteiger partial charge on any atom is -0.462 e. The Morgan fingerprint density at radius 2 is 0.633 bits per heavy atom. The molecule has 0 saturated carbocycles. The fraction of sp³-hybridized carbons (Fsp3) is 0.944. The molecule has 0 amide bonds. The van der Waals surface area contributed by atoms with Crippen molar-refractivity contribution in [2.45, 2.75) is 304 Å². The highest BCUT2D eigenvalue weighted by Gasteiger charge is 2.19. The second-order valence-corrected chi connectivity index (χ2v) is 19.2. The van der Waals surface area contributed by atoms with Gasteiger partial charge >= 0.3 is 17.9 Å². The monoisotopic (exact) mass is 849 g/mol. The second kappa shape index (κ2) is 46.9. The summed E-state index contributed by atoms with van der Waals surface area (Å²) in [7, 11) is 0. The third-order valence-corrected chi connectivity index (χ3v) is 12.6. The van der Waals surface area contributed by atoms with Crippen molar-refractivity contribution in [3.63, 3.8) is 0 Å². The number of esters is 3. The summed E-state index contributed by atoms with van der Waals surface area (Å²) in [6.07, 6.45) is 48.1. The predicted molar refractivity (Wildman–Crippen MR) is 256 cm³/mol. The molecule has 0 rings (SSSR count). The van der Waals surface area contributed by atoms with E-state index >= 15 is 0 Å². The van der Waals surface area contributed by atoms with Crippen LogP contribution in [0.25, 0.3) is 0 Å². The first-order chi connectivity index (χ1) is 29.3. The van der Waals surface area contributed by atoms with E-state index in [1.807, 2.05) is 0 Å². The third-order valence-electron chi connectivity index (χ3n) is 12.6. The standard InChI is InChI=1S/C54H104O6/c1-6-8-9-10-27-34-39-44-52(55)58-47-51(60-54(57)46-41-36-31-26-22-18-13-11-15-19-23-28-32-37-42-49(3)4)48-59-53(56)45-40-35-30-25-21-17-14-12-16-20-24-29-33-38-43-50(5)7-2/h49-51H,6-48H2,1-5H3/t50?,51-/m0/s1. The van der Waals surface area contributed by atoms with Gasteiger partial charge in [-0.1, -0.05) is 259 Å². The highest BCUT2D eigenvalue weighted by molar-refractivity contribution is 5.71. The maximum absolute atomic E-state index is 12.8. The van der Waals surface area contributed by atoms with Gasteiger partial charge in [0.25, 0.3) is 0 Å². The first kappa shape index (κ1) is 58.4. The Hall–Kier alpha value is -1.59. The van der Waals surface area contributed by atoms with Crippen LogP contribution in [0.3, 0.4) is 0 Å². The Morgan fingerprint density at radius 3 is 0.950 bits per heavy atom. The minimum atomic E-state index is -0.760. The zero-order chi connectivity index (χ0) is 44.0. The van der Waals surface area contributed by atoms with E-state index in [1.165, 1.54) is 186 Å². The van der Waals surface area contributed by atoms with Gasteiger partial charge in [-0.2, -0.15) is 0 Å². The molecular weight excluding hydrogens is 745 g/mol. The summed E-state index contributed by atoms with van der Waals surface area (Å²) in [5.41, 5.74) is 0. The molecular formula is C54H104O6. The van der Waals surface area contributed by atoms with Crippen LogP contribution in [0, 0.1) is 11.8 Å². The minimum absolute atomic E-state index is 0.0637. The average Bonchev–Trinajstić information content (AvgIpc) is 3.23. The average molecular weight is 849 g/mol. The molecule has 0 fully saturated rings. The molecule has 60 heavy (non-hydrogen) atoms. The molecule has 0 aromatic heterocycles. The van der Waals surface area contributed by atoms with Gasteiger partial charge in [-0.15, -0.1) is 0 Å². The van der Waals surface area contributed by atoms with Crippen LogP contribution < -0.4 is 0 Å². The van der Waals surface area contributed by atoms with E-state index in [1.54, 1.807) is 0 Å². The molecule has 0 N–H and O–H groups in total. The van der Waals surface area contributed by atoms with E-state index in [0.29, 0.717) is 19.3 Å². The lowest BCUT2D eigenvalue weighted by Gasteiger charge is -2.18. The molecule has 2 atom stereocenters. The summed E-state index contributed by atoms with van der Waals surface area (Å²) in [5.74, 6) is 0.887. The van der Waals surface area contributed by atoms with Crippen molar-refractivity contribution < 1.29 is 28.6 Å². The SMILES string of the molecule is CCCCCCCCCC(=O)OC[C@@H](COC(=O)CCCCCCCCCCCCCCCCC(C)CC)OC(=O)CCCCCCCCCCCCCCCCC(C)C. The number of hydrogen-bond acceptors (Lipinski definition) is 6. The lowest BCUT2D eigenvalue weighted by atomic mass is 9.99. The number of ether oxygens (including phenoxy) is 3. The number of unbranched alkanes of at least 4 members (excludes halogenated alkanes) is 32. The Balaban J connectivity index is 4.18. The van der Waals surface area contributed by atoms with Crippen molar-refractivity contribution in [3.8, 4) is 0 Å². The molecule has 6 nitrogen and oxygen atoms in total. The Bertz CT molecular complexity index is 918. The summed E-state index contributed by atoms with van der Waals surface area (Å²) in [6, 6.07) is 0. The van der Waals surface area contributed by atoms with E-state index in [0.717, 1.165) is 69.6 Å².